The van der Waals surface area contributed by atoms with Gasteiger partial charge in [-0.15, -0.1) is 0 Å². The van der Waals surface area contributed by atoms with Gasteiger partial charge in [0.25, 0.3) is 11.8 Å². The molecule has 3 aliphatic heterocycles. The first kappa shape index (κ1) is 45.2. The van der Waals surface area contributed by atoms with E-state index in [9.17, 15) is 33.0 Å². The van der Waals surface area contributed by atoms with Gasteiger partial charge in [0, 0.05) is 36.4 Å². The van der Waals surface area contributed by atoms with Crippen molar-refractivity contribution in [3.8, 4) is 23.0 Å². The van der Waals surface area contributed by atoms with E-state index in [1.165, 1.54) is 53.6 Å². The Morgan fingerprint density at radius 2 is 1.78 bits per heavy atom. The lowest BCUT2D eigenvalue weighted by molar-refractivity contribution is -0.137. The average Bonchev–Trinajstić information content (AvgIpc) is 3.83. The SMILES string of the molecule is CC1=C(C(=O)Nc2ccncn2)N2NC(c3cccc(OC[C@H](O)CO)c3)=CC=C2N1C1CC(Oc2nccc(NC(=O)c3c(C)nc4c(C)cc(-c5ccccc5C(F)(F)F)nn34)n2)CCO1. The minimum absolute atomic E-state index is 0.00181. The number of nitrogens with one attached hydrogen (secondary N) is 3. The molecule has 7 heterocycles. The van der Waals surface area contributed by atoms with Crippen molar-refractivity contribution in [2.45, 2.75) is 58.2 Å². The Labute approximate surface area is 385 Å². The second-order valence-corrected chi connectivity index (χ2v) is 15.9. The van der Waals surface area contributed by atoms with Gasteiger partial charge < -0.3 is 40.0 Å². The molecule has 350 valence electrons. The number of hydrogen-bond acceptors (Lipinski definition) is 16. The first-order valence-corrected chi connectivity index (χ1v) is 21.3. The highest BCUT2D eigenvalue weighted by Gasteiger charge is 2.43. The number of fused-ring (bicyclic) bond motifs is 2. The molecule has 0 radical (unpaired) electrons. The van der Waals surface area contributed by atoms with Crippen LogP contribution >= 0.6 is 0 Å². The number of aryl methyl sites for hydroxylation is 2. The molecule has 6 aromatic rings. The van der Waals surface area contributed by atoms with E-state index in [4.69, 9.17) is 14.2 Å². The van der Waals surface area contributed by atoms with Crippen LogP contribution in [-0.2, 0) is 15.7 Å². The van der Waals surface area contributed by atoms with Crippen LogP contribution in [-0.4, -0.2) is 105 Å². The maximum atomic E-state index is 14.1. The number of hydrazine groups is 1. The average molecular weight is 933 g/mol. The minimum Gasteiger partial charge on any atom is -0.491 e. The second-order valence-electron chi connectivity index (χ2n) is 15.9. The van der Waals surface area contributed by atoms with Gasteiger partial charge >= 0.3 is 12.2 Å². The summed E-state index contributed by atoms with van der Waals surface area (Å²) in [6.07, 6.45) is 1.90. The summed E-state index contributed by atoms with van der Waals surface area (Å²) >= 11 is 0. The third-order valence-electron chi connectivity index (χ3n) is 11.2. The number of aromatic nitrogens is 7. The molecule has 19 nitrogen and oxygen atoms in total. The van der Waals surface area contributed by atoms with Crippen molar-refractivity contribution in [2.24, 2.45) is 0 Å². The first-order valence-electron chi connectivity index (χ1n) is 21.3. The van der Waals surface area contributed by atoms with Crippen molar-refractivity contribution >= 4 is 34.8 Å². The normalized spacial score (nSPS) is 17.5. The highest BCUT2D eigenvalue weighted by molar-refractivity contribution is 6.04. The number of amides is 2. The number of carbonyl (C=O) groups excluding carboxylic acids is 2. The van der Waals surface area contributed by atoms with Gasteiger partial charge in [0.2, 0.25) is 0 Å². The van der Waals surface area contributed by atoms with Gasteiger partial charge in [0.05, 0.1) is 41.6 Å². The molecule has 5 N–H and O–H groups in total. The molecule has 1 saturated heterocycles. The quantitative estimate of drug-likeness (QED) is 0.0982. The Morgan fingerprint density at radius 3 is 2.57 bits per heavy atom. The van der Waals surface area contributed by atoms with Gasteiger partial charge in [0.1, 0.15) is 60.3 Å². The third kappa shape index (κ3) is 9.23. The Hall–Kier alpha value is -7.95. The van der Waals surface area contributed by atoms with Crippen molar-refractivity contribution in [3.63, 3.8) is 0 Å². The molecule has 2 unspecified atom stereocenters. The number of alkyl halides is 3. The summed E-state index contributed by atoms with van der Waals surface area (Å²) in [5.41, 5.74) is 5.62. The van der Waals surface area contributed by atoms with E-state index in [0.717, 1.165) is 6.07 Å². The van der Waals surface area contributed by atoms with Crippen molar-refractivity contribution in [1.29, 1.82) is 0 Å². The topological polar surface area (TPSA) is 227 Å². The number of hydrogen-bond donors (Lipinski definition) is 5. The minimum atomic E-state index is -4.63. The Morgan fingerprint density at radius 1 is 0.971 bits per heavy atom. The van der Waals surface area contributed by atoms with E-state index < -0.39 is 48.6 Å². The van der Waals surface area contributed by atoms with Gasteiger partial charge in [-0.25, -0.2) is 29.5 Å². The molecule has 0 spiro atoms. The molecule has 68 heavy (non-hydrogen) atoms. The third-order valence-corrected chi connectivity index (χ3v) is 11.2. The van der Waals surface area contributed by atoms with Crippen molar-refractivity contribution in [1.82, 2.24) is 49.9 Å². The summed E-state index contributed by atoms with van der Waals surface area (Å²) in [7, 11) is 0. The Bertz CT molecular complexity index is 3000. The number of carbonyl (C=O) groups is 2. The number of imidazole rings is 1. The number of aliphatic hydroxyl groups excluding tert-OH is 2. The van der Waals surface area contributed by atoms with Crippen LogP contribution in [0.3, 0.4) is 0 Å². The maximum Gasteiger partial charge on any atom is 0.417 e. The Kier molecular flexibility index (Phi) is 12.5. The molecule has 0 saturated carbocycles. The number of halogens is 3. The van der Waals surface area contributed by atoms with Crippen molar-refractivity contribution in [2.75, 3.05) is 30.5 Å². The molecule has 0 aliphatic carbocycles. The lowest BCUT2D eigenvalue weighted by atomic mass is 10.0. The van der Waals surface area contributed by atoms with Crippen LogP contribution in [0.15, 0.2) is 115 Å². The van der Waals surface area contributed by atoms with E-state index >= 15 is 0 Å². The molecule has 0 bridgehead atoms. The number of aliphatic hydroxyl groups is 2. The maximum absolute atomic E-state index is 14.1. The summed E-state index contributed by atoms with van der Waals surface area (Å²) in [5, 5.41) is 30.7. The fraction of sp³-hybridized carbons (Fsp3) is 0.261. The number of ether oxygens (including phenoxy) is 3. The standard InChI is InChI=1S/C46H43F3N12O7/c1-25-19-35(32-9-4-5-10-33(32)46(47,48)49)58-61-40(26(2)53-42(25)61)43(64)55-37-14-17-51-45(56-37)68-31-15-18-66-39(21-31)59-27(3)41(44(65)54-36-13-16-50-24-52-36)60-38(59)12-11-34(57-60)28-7-6-8-30(20-28)67-23-29(63)22-62/h4-14,16-17,19-20,24,29,31,39,57,62-63H,15,18,21-23H2,1-3H3,(H,50,52,54,65)(H,51,55,56,64)/t29-,31?,39?/m1/s1. The van der Waals surface area contributed by atoms with Gasteiger partial charge in [-0.2, -0.15) is 23.3 Å². The predicted molar refractivity (Wildman–Crippen MR) is 238 cm³/mol. The zero-order valence-electron chi connectivity index (χ0n) is 36.6. The summed E-state index contributed by atoms with van der Waals surface area (Å²) in [4.78, 5) is 51.2. The van der Waals surface area contributed by atoms with Crippen LogP contribution in [0.5, 0.6) is 11.8 Å². The number of benzene rings is 2. The summed E-state index contributed by atoms with van der Waals surface area (Å²) in [6, 6.07) is 16.7. The highest BCUT2D eigenvalue weighted by Crippen LogP contribution is 2.40. The van der Waals surface area contributed by atoms with Gasteiger partial charge in [-0.3, -0.25) is 15.0 Å². The molecule has 4 aromatic heterocycles. The lowest BCUT2D eigenvalue weighted by Crippen LogP contribution is -2.46. The van der Waals surface area contributed by atoms with Gasteiger partial charge in [-0.1, -0.05) is 30.3 Å². The fourth-order valence-electron chi connectivity index (χ4n) is 8.03. The molecular formula is C46H43F3N12O7. The monoisotopic (exact) mass is 932 g/mol. The smallest absolute Gasteiger partial charge is 0.417 e. The van der Waals surface area contributed by atoms with E-state index in [2.05, 4.69) is 46.1 Å². The molecule has 1 fully saturated rings. The number of nitrogens with zero attached hydrogens (tertiary/aromatic N) is 9. The molecule has 22 heteroatoms. The molecule has 9 rings (SSSR count). The second kappa shape index (κ2) is 18.7. The summed E-state index contributed by atoms with van der Waals surface area (Å²) < 4.78 is 61.5. The number of anilines is 2. The van der Waals surface area contributed by atoms with Crippen LogP contribution in [0.4, 0.5) is 24.8 Å². The van der Waals surface area contributed by atoms with Gasteiger partial charge in [-0.05, 0) is 74.9 Å². The van der Waals surface area contributed by atoms with E-state index in [1.807, 2.05) is 23.1 Å². The number of rotatable bonds is 13. The van der Waals surface area contributed by atoms with Gasteiger partial charge in [0.15, 0.2) is 11.3 Å². The fourth-order valence-corrected chi connectivity index (χ4v) is 8.03. The van der Waals surface area contributed by atoms with Crippen molar-refractivity contribution in [3.05, 3.63) is 143 Å². The predicted octanol–water partition coefficient (Wildman–Crippen LogP) is 5.37. The lowest BCUT2D eigenvalue weighted by Gasteiger charge is -2.39. The van der Waals surface area contributed by atoms with Crippen LogP contribution in [0, 0.1) is 13.8 Å². The molecule has 2 amide bonds. The Balaban J connectivity index is 0.943. The molecular weight excluding hydrogens is 890 g/mol. The highest BCUT2D eigenvalue weighted by atomic mass is 19.4. The van der Waals surface area contributed by atoms with Crippen LogP contribution in [0.1, 0.15) is 52.6 Å². The van der Waals surface area contributed by atoms with Crippen LogP contribution in [0.25, 0.3) is 22.6 Å². The largest absolute Gasteiger partial charge is 0.491 e. The zero-order valence-corrected chi connectivity index (χ0v) is 36.6. The molecule has 3 aliphatic rings. The summed E-state index contributed by atoms with van der Waals surface area (Å²) in [5.74, 6) is 0.286. The van der Waals surface area contributed by atoms with E-state index in [-0.39, 0.29) is 47.7 Å². The van der Waals surface area contributed by atoms with Crippen LogP contribution in [0.2, 0.25) is 0 Å². The number of allylic oxidation sites excluding steroid dienone is 3. The van der Waals surface area contributed by atoms with E-state index in [0.29, 0.717) is 64.1 Å². The first-order chi connectivity index (χ1) is 32.7. The summed E-state index contributed by atoms with van der Waals surface area (Å²) in [6.45, 7) is 4.80. The zero-order chi connectivity index (χ0) is 47.7. The van der Waals surface area contributed by atoms with E-state index in [1.54, 1.807) is 50.0 Å². The molecule has 2 aromatic carbocycles. The molecule has 3 atom stereocenters. The van der Waals surface area contributed by atoms with Crippen molar-refractivity contribution < 1.29 is 47.2 Å². The van der Waals surface area contributed by atoms with Crippen LogP contribution < -0.4 is 25.5 Å².